The van der Waals surface area contributed by atoms with Crippen LogP contribution in [0.15, 0.2) is 24.3 Å². The van der Waals surface area contributed by atoms with Gasteiger partial charge in [0, 0.05) is 17.1 Å². The molecule has 0 aliphatic heterocycles. The SMILES string of the molecule is COc1cccc2c1cc(CCN)n2C(C)C. The molecule has 0 saturated heterocycles. The highest BCUT2D eigenvalue weighted by atomic mass is 16.5. The monoisotopic (exact) mass is 232 g/mol. The zero-order valence-corrected chi connectivity index (χ0v) is 10.7. The Morgan fingerprint density at radius 2 is 2.12 bits per heavy atom. The molecule has 17 heavy (non-hydrogen) atoms. The number of hydrogen-bond acceptors (Lipinski definition) is 2. The Kier molecular flexibility index (Phi) is 3.38. The largest absolute Gasteiger partial charge is 0.496 e. The first kappa shape index (κ1) is 12.0. The van der Waals surface area contributed by atoms with Gasteiger partial charge in [-0.2, -0.15) is 0 Å². The summed E-state index contributed by atoms with van der Waals surface area (Å²) < 4.78 is 7.75. The second-order valence-electron chi connectivity index (χ2n) is 4.53. The van der Waals surface area contributed by atoms with Gasteiger partial charge in [-0.15, -0.1) is 0 Å². The highest BCUT2D eigenvalue weighted by Crippen LogP contribution is 2.31. The second-order valence-corrected chi connectivity index (χ2v) is 4.53. The fourth-order valence-electron chi connectivity index (χ4n) is 2.41. The van der Waals surface area contributed by atoms with Crippen molar-refractivity contribution >= 4 is 10.9 Å². The number of nitrogens with zero attached hydrogens (tertiary/aromatic N) is 1. The molecule has 0 aliphatic carbocycles. The van der Waals surface area contributed by atoms with E-state index >= 15 is 0 Å². The molecule has 1 aromatic carbocycles. The van der Waals surface area contributed by atoms with Gasteiger partial charge in [-0.25, -0.2) is 0 Å². The lowest BCUT2D eigenvalue weighted by molar-refractivity contribution is 0.420. The average Bonchev–Trinajstić information content (AvgIpc) is 2.67. The third-order valence-electron chi connectivity index (χ3n) is 3.06. The third kappa shape index (κ3) is 2.03. The molecule has 1 heterocycles. The Balaban J connectivity index is 2.69. The molecule has 0 fully saturated rings. The second kappa shape index (κ2) is 4.80. The minimum absolute atomic E-state index is 0.432. The first-order chi connectivity index (χ1) is 8.19. The number of aromatic nitrogens is 1. The third-order valence-corrected chi connectivity index (χ3v) is 3.06. The maximum atomic E-state index is 5.68. The number of benzene rings is 1. The van der Waals surface area contributed by atoms with Crippen molar-refractivity contribution in [3.63, 3.8) is 0 Å². The van der Waals surface area contributed by atoms with Crippen LogP contribution in [0.3, 0.4) is 0 Å². The topological polar surface area (TPSA) is 40.2 Å². The average molecular weight is 232 g/mol. The summed E-state index contributed by atoms with van der Waals surface area (Å²) in [5.41, 5.74) is 8.18. The maximum absolute atomic E-state index is 5.68. The Morgan fingerprint density at radius 1 is 1.35 bits per heavy atom. The summed E-state index contributed by atoms with van der Waals surface area (Å²) in [6, 6.07) is 8.80. The fraction of sp³-hybridized carbons (Fsp3) is 0.429. The van der Waals surface area contributed by atoms with Crippen molar-refractivity contribution in [2.75, 3.05) is 13.7 Å². The predicted octanol–water partition coefficient (Wildman–Crippen LogP) is 2.73. The van der Waals surface area contributed by atoms with Crippen molar-refractivity contribution in [2.45, 2.75) is 26.3 Å². The van der Waals surface area contributed by atoms with Crippen LogP contribution >= 0.6 is 0 Å². The molecule has 3 heteroatoms. The summed E-state index contributed by atoms with van der Waals surface area (Å²) in [5.74, 6) is 0.931. The molecule has 0 bridgehead atoms. The molecule has 92 valence electrons. The smallest absolute Gasteiger partial charge is 0.128 e. The van der Waals surface area contributed by atoms with Crippen molar-refractivity contribution in [2.24, 2.45) is 5.73 Å². The molecule has 0 radical (unpaired) electrons. The summed E-state index contributed by atoms with van der Waals surface area (Å²) in [6.07, 6.45) is 0.899. The van der Waals surface area contributed by atoms with Gasteiger partial charge in [0.2, 0.25) is 0 Å². The van der Waals surface area contributed by atoms with Crippen molar-refractivity contribution in [1.29, 1.82) is 0 Å². The van der Waals surface area contributed by atoms with Gasteiger partial charge in [0.05, 0.1) is 12.6 Å². The molecule has 0 aliphatic rings. The molecular weight excluding hydrogens is 212 g/mol. The molecule has 0 saturated carbocycles. The highest BCUT2D eigenvalue weighted by molar-refractivity contribution is 5.87. The van der Waals surface area contributed by atoms with E-state index in [0.717, 1.165) is 12.2 Å². The summed E-state index contributed by atoms with van der Waals surface area (Å²) in [4.78, 5) is 0. The van der Waals surface area contributed by atoms with Crippen LogP contribution in [0.5, 0.6) is 5.75 Å². The summed E-state index contributed by atoms with van der Waals surface area (Å²) in [6.45, 7) is 5.06. The Morgan fingerprint density at radius 3 is 2.71 bits per heavy atom. The van der Waals surface area contributed by atoms with E-state index in [1.807, 2.05) is 12.1 Å². The van der Waals surface area contributed by atoms with Crippen LogP contribution in [0.2, 0.25) is 0 Å². The van der Waals surface area contributed by atoms with E-state index in [1.54, 1.807) is 7.11 Å². The highest BCUT2D eigenvalue weighted by Gasteiger charge is 2.13. The maximum Gasteiger partial charge on any atom is 0.128 e. The molecule has 0 atom stereocenters. The van der Waals surface area contributed by atoms with Crippen molar-refractivity contribution in [3.05, 3.63) is 30.0 Å². The van der Waals surface area contributed by atoms with E-state index < -0.39 is 0 Å². The molecule has 2 rings (SSSR count). The van der Waals surface area contributed by atoms with Crippen molar-refractivity contribution in [1.82, 2.24) is 4.57 Å². The van der Waals surface area contributed by atoms with Crippen molar-refractivity contribution in [3.8, 4) is 5.75 Å². The minimum Gasteiger partial charge on any atom is -0.496 e. The minimum atomic E-state index is 0.432. The van der Waals surface area contributed by atoms with Gasteiger partial charge in [0.1, 0.15) is 5.75 Å². The van der Waals surface area contributed by atoms with Crippen LogP contribution in [0.1, 0.15) is 25.6 Å². The number of fused-ring (bicyclic) bond motifs is 1. The molecule has 1 aromatic heterocycles. The van der Waals surface area contributed by atoms with Gasteiger partial charge in [-0.05, 0) is 45.0 Å². The van der Waals surface area contributed by atoms with Gasteiger partial charge < -0.3 is 15.0 Å². The molecule has 0 spiro atoms. The number of hydrogen-bond donors (Lipinski definition) is 1. The Labute approximate surface area is 102 Å². The van der Waals surface area contributed by atoms with Gasteiger partial charge >= 0.3 is 0 Å². The predicted molar refractivity (Wildman–Crippen MR) is 71.6 cm³/mol. The number of methoxy groups -OCH3 is 1. The lowest BCUT2D eigenvalue weighted by Crippen LogP contribution is -2.10. The lowest BCUT2D eigenvalue weighted by Gasteiger charge is -2.14. The van der Waals surface area contributed by atoms with Crippen LogP contribution in [-0.2, 0) is 6.42 Å². The van der Waals surface area contributed by atoms with Crippen LogP contribution in [0, 0.1) is 0 Å². The molecule has 3 nitrogen and oxygen atoms in total. The van der Waals surface area contributed by atoms with E-state index in [2.05, 4.69) is 30.5 Å². The fourth-order valence-corrected chi connectivity index (χ4v) is 2.41. The molecular formula is C14H20N2O. The Bertz CT molecular complexity index is 514. The summed E-state index contributed by atoms with van der Waals surface area (Å²) in [7, 11) is 1.71. The van der Waals surface area contributed by atoms with Gasteiger partial charge in [-0.3, -0.25) is 0 Å². The molecule has 0 amide bonds. The van der Waals surface area contributed by atoms with E-state index in [-0.39, 0.29) is 0 Å². The van der Waals surface area contributed by atoms with Gasteiger partial charge in [0.15, 0.2) is 0 Å². The van der Waals surface area contributed by atoms with Crippen LogP contribution in [-0.4, -0.2) is 18.2 Å². The van der Waals surface area contributed by atoms with E-state index in [9.17, 15) is 0 Å². The van der Waals surface area contributed by atoms with E-state index in [4.69, 9.17) is 10.5 Å². The Hall–Kier alpha value is -1.48. The van der Waals surface area contributed by atoms with Crippen LogP contribution < -0.4 is 10.5 Å². The zero-order valence-electron chi connectivity index (χ0n) is 10.7. The quantitative estimate of drug-likeness (QED) is 0.880. The molecule has 2 N–H and O–H groups in total. The summed E-state index contributed by atoms with van der Waals surface area (Å²) in [5, 5.41) is 1.17. The lowest BCUT2D eigenvalue weighted by atomic mass is 10.2. The summed E-state index contributed by atoms with van der Waals surface area (Å²) >= 11 is 0. The zero-order chi connectivity index (χ0) is 12.4. The first-order valence-corrected chi connectivity index (χ1v) is 6.06. The van der Waals surface area contributed by atoms with Gasteiger partial charge in [0.25, 0.3) is 0 Å². The van der Waals surface area contributed by atoms with Crippen LogP contribution in [0.25, 0.3) is 10.9 Å². The van der Waals surface area contributed by atoms with Gasteiger partial charge in [-0.1, -0.05) is 6.07 Å². The molecule has 0 unspecified atom stereocenters. The van der Waals surface area contributed by atoms with Crippen molar-refractivity contribution < 1.29 is 4.74 Å². The van der Waals surface area contributed by atoms with E-state index in [1.165, 1.54) is 16.6 Å². The molecule has 2 aromatic rings. The van der Waals surface area contributed by atoms with E-state index in [0.29, 0.717) is 12.6 Å². The number of rotatable bonds is 4. The number of ether oxygens (including phenoxy) is 1. The van der Waals surface area contributed by atoms with Crippen LogP contribution in [0.4, 0.5) is 0 Å². The first-order valence-electron chi connectivity index (χ1n) is 6.06. The number of nitrogens with two attached hydrogens (primary N) is 1. The normalized spacial score (nSPS) is 11.4. The standard InChI is InChI=1S/C14H20N2O/c1-10(2)16-11(7-8-15)9-12-13(16)5-4-6-14(12)17-3/h4-6,9-10H,7-8,15H2,1-3H3.